The van der Waals surface area contributed by atoms with Gasteiger partial charge >= 0.3 is 5.97 Å². The molecule has 3 aromatic carbocycles. The van der Waals surface area contributed by atoms with Crippen LogP contribution in [0, 0.1) is 0 Å². The van der Waals surface area contributed by atoms with Crippen LogP contribution in [0.5, 0.6) is 17.2 Å². The maximum Gasteiger partial charge on any atom is 0.343 e. The highest BCUT2D eigenvalue weighted by molar-refractivity contribution is 8.26. The van der Waals surface area contributed by atoms with Crippen molar-refractivity contribution in [2.45, 2.75) is 32.6 Å². The third-order valence-corrected chi connectivity index (χ3v) is 7.70. The Morgan fingerprint density at radius 1 is 0.949 bits per heavy atom. The smallest absolute Gasteiger partial charge is 0.343 e. The van der Waals surface area contributed by atoms with Crippen molar-refractivity contribution in [3.8, 4) is 17.2 Å². The van der Waals surface area contributed by atoms with Crippen LogP contribution in [-0.2, 0) is 16.6 Å². The van der Waals surface area contributed by atoms with Gasteiger partial charge < -0.3 is 14.2 Å². The lowest BCUT2D eigenvalue weighted by Gasteiger charge is -2.18. The average molecular weight is 562 g/mol. The van der Waals surface area contributed by atoms with Crippen molar-refractivity contribution in [1.82, 2.24) is 4.90 Å². The Balaban J connectivity index is 1.37. The molecular formula is C31H31NO5S2. The Morgan fingerprint density at radius 3 is 2.23 bits per heavy atom. The molecule has 3 aromatic rings. The van der Waals surface area contributed by atoms with Crippen molar-refractivity contribution >= 4 is 46.3 Å². The minimum atomic E-state index is -0.418. The first-order valence-electron chi connectivity index (χ1n) is 12.5. The number of thiocarbonyl (C=S) groups is 1. The number of carbonyl (C=O) groups excluding carboxylic acids is 2. The van der Waals surface area contributed by atoms with E-state index in [0.29, 0.717) is 45.0 Å². The molecule has 0 aromatic heterocycles. The number of methoxy groups -OCH3 is 2. The molecule has 1 aliphatic heterocycles. The molecule has 8 heteroatoms. The molecule has 0 saturated carbocycles. The number of carbonyl (C=O) groups is 2. The number of ether oxygens (including phenoxy) is 3. The summed E-state index contributed by atoms with van der Waals surface area (Å²) < 4.78 is 16.7. The third kappa shape index (κ3) is 6.88. The summed E-state index contributed by atoms with van der Waals surface area (Å²) in [6.07, 6.45) is 2.42. The van der Waals surface area contributed by atoms with Gasteiger partial charge in [-0.3, -0.25) is 9.69 Å². The van der Waals surface area contributed by atoms with Crippen LogP contribution in [-0.4, -0.2) is 41.9 Å². The van der Waals surface area contributed by atoms with Gasteiger partial charge in [-0.05, 0) is 71.0 Å². The molecule has 1 saturated heterocycles. The fourth-order valence-corrected chi connectivity index (χ4v) is 5.33. The number of rotatable bonds is 8. The molecule has 0 bridgehead atoms. The van der Waals surface area contributed by atoms with Crippen LogP contribution in [0.1, 0.15) is 47.8 Å². The molecule has 1 aliphatic rings. The van der Waals surface area contributed by atoms with E-state index in [-0.39, 0.29) is 11.3 Å². The maximum atomic E-state index is 13.1. The summed E-state index contributed by atoms with van der Waals surface area (Å²) >= 11 is 6.76. The third-order valence-electron chi connectivity index (χ3n) is 6.32. The van der Waals surface area contributed by atoms with Crippen molar-refractivity contribution in [2.24, 2.45) is 0 Å². The quantitative estimate of drug-likeness (QED) is 0.132. The number of nitrogens with zero attached hydrogens (tertiary/aromatic N) is 1. The van der Waals surface area contributed by atoms with Gasteiger partial charge in [0.15, 0.2) is 11.5 Å². The molecule has 0 spiro atoms. The number of esters is 1. The number of thioether (sulfide) groups is 1. The zero-order chi connectivity index (χ0) is 28.2. The first-order valence-corrected chi connectivity index (χ1v) is 13.7. The summed E-state index contributed by atoms with van der Waals surface area (Å²) in [4.78, 5) is 27.8. The predicted octanol–water partition coefficient (Wildman–Crippen LogP) is 6.66. The van der Waals surface area contributed by atoms with Gasteiger partial charge in [0, 0.05) is 6.54 Å². The molecule has 1 amide bonds. The normalized spacial score (nSPS) is 14.6. The van der Waals surface area contributed by atoms with Crippen LogP contribution in [0.15, 0.2) is 71.6 Å². The van der Waals surface area contributed by atoms with Gasteiger partial charge in [-0.2, -0.15) is 0 Å². The highest BCUT2D eigenvalue weighted by Crippen LogP contribution is 2.34. The maximum absolute atomic E-state index is 13.1. The lowest BCUT2D eigenvalue weighted by molar-refractivity contribution is -0.122. The molecule has 39 heavy (non-hydrogen) atoms. The van der Waals surface area contributed by atoms with E-state index in [1.807, 2.05) is 42.5 Å². The van der Waals surface area contributed by atoms with Crippen LogP contribution in [0.2, 0.25) is 0 Å². The van der Waals surface area contributed by atoms with Gasteiger partial charge in [-0.15, -0.1) is 0 Å². The van der Waals surface area contributed by atoms with Crippen molar-refractivity contribution in [1.29, 1.82) is 0 Å². The Bertz CT molecular complexity index is 1410. The fraction of sp³-hybridized carbons (Fsp3) is 0.258. The second-order valence-corrected chi connectivity index (χ2v) is 11.7. The van der Waals surface area contributed by atoms with E-state index < -0.39 is 5.97 Å². The van der Waals surface area contributed by atoms with E-state index in [0.717, 1.165) is 16.7 Å². The first kappa shape index (κ1) is 28.4. The number of benzene rings is 3. The molecule has 6 nitrogen and oxygen atoms in total. The molecule has 0 aliphatic carbocycles. The first-order chi connectivity index (χ1) is 18.6. The molecule has 4 rings (SSSR count). The van der Waals surface area contributed by atoms with Crippen LogP contribution >= 0.6 is 24.0 Å². The second kappa shape index (κ2) is 12.1. The summed E-state index contributed by atoms with van der Waals surface area (Å²) in [7, 11) is 3.19. The lowest BCUT2D eigenvalue weighted by atomic mass is 9.87. The Morgan fingerprint density at radius 2 is 1.62 bits per heavy atom. The molecule has 0 atom stereocenters. The Kier molecular flexibility index (Phi) is 8.77. The van der Waals surface area contributed by atoms with E-state index in [9.17, 15) is 9.59 Å². The van der Waals surface area contributed by atoms with Crippen molar-refractivity contribution in [3.63, 3.8) is 0 Å². The van der Waals surface area contributed by atoms with Gasteiger partial charge in [0.05, 0.1) is 24.7 Å². The predicted molar refractivity (Wildman–Crippen MR) is 160 cm³/mol. The average Bonchev–Trinajstić information content (AvgIpc) is 3.19. The summed E-state index contributed by atoms with van der Waals surface area (Å²) in [5, 5.41) is 0. The fourth-order valence-electron chi connectivity index (χ4n) is 4.03. The van der Waals surface area contributed by atoms with Crippen molar-refractivity contribution in [3.05, 3.63) is 93.9 Å². The summed E-state index contributed by atoms with van der Waals surface area (Å²) in [5.41, 5.74) is 3.47. The van der Waals surface area contributed by atoms with E-state index in [2.05, 4.69) is 20.8 Å². The topological polar surface area (TPSA) is 65.1 Å². The van der Waals surface area contributed by atoms with Gasteiger partial charge in [-0.25, -0.2) is 4.79 Å². The van der Waals surface area contributed by atoms with E-state index in [1.54, 1.807) is 49.5 Å². The molecule has 0 unspecified atom stereocenters. The van der Waals surface area contributed by atoms with Gasteiger partial charge in [0.2, 0.25) is 0 Å². The minimum absolute atomic E-state index is 0.0111. The van der Waals surface area contributed by atoms with E-state index >= 15 is 0 Å². The largest absolute Gasteiger partial charge is 0.493 e. The van der Waals surface area contributed by atoms with Gasteiger partial charge in [0.25, 0.3) is 5.91 Å². The highest BCUT2D eigenvalue weighted by atomic mass is 32.2. The van der Waals surface area contributed by atoms with Crippen molar-refractivity contribution < 1.29 is 23.8 Å². The standard InChI is InChI=1S/C31H31NO5S2/c1-31(2,3)23-11-9-22(10-12-23)29(34)37-24-13-6-20(7-14-24)19-27-28(33)32(30(38)39-27)17-16-21-8-15-25(35-4)26(18-21)36-5/h6-15,18-19H,16-17H2,1-5H3. The monoisotopic (exact) mass is 561 g/mol. The molecule has 0 N–H and O–H groups in total. The van der Waals surface area contributed by atoms with Crippen LogP contribution in [0.4, 0.5) is 0 Å². The highest BCUT2D eigenvalue weighted by Gasteiger charge is 2.31. The number of amides is 1. The molecule has 1 heterocycles. The Labute approximate surface area is 238 Å². The molecule has 202 valence electrons. The van der Waals surface area contributed by atoms with E-state index in [1.165, 1.54) is 11.8 Å². The van der Waals surface area contributed by atoms with E-state index in [4.69, 9.17) is 26.4 Å². The van der Waals surface area contributed by atoms with Crippen LogP contribution in [0.3, 0.4) is 0 Å². The molecule has 1 fully saturated rings. The lowest BCUT2D eigenvalue weighted by Crippen LogP contribution is -2.30. The summed E-state index contributed by atoms with van der Waals surface area (Å²) in [5.74, 6) is 1.19. The Hall–Kier alpha value is -3.62. The zero-order valence-corrected chi connectivity index (χ0v) is 24.3. The van der Waals surface area contributed by atoms with Crippen LogP contribution in [0.25, 0.3) is 6.08 Å². The second-order valence-electron chi connectivity index (χ2n) is 10.1. The molecule has 0 radical (unpaired) electrons. The van der Waals surface area contributed by atoms with Crippen molar-refractivity contribution in [2.75, 3.05) is 20.8 Å². The van der Waals surface area contributed by atoms with Gasteiger partial charge in [0.1, 0.15) is 10.1 Å². The summed E-state index contributed by atoms with van der Waals surface area (Å²) in [6, 6.07) is 20.2. The SMILES string of the molecule is COc1ccc(CCN2C(=O)C(=Cc3ccc(OC(=O)c4ccc(C(C)(C)C)cc4)cc3)SC2=S)cc1OC. The minimum Gasteiger partial charge on any atom is -0.493 e. The zero-order valence-electron chi connectivity index (χ0n) is 22.6. The van der Waals surface area contributed by atoms with Crippen LogP contribution < -0.4 is 14.2 Å². The number of hydrogen-bond donors (Lipinski definition) is 0. The number of hydrogen-bond acceptors (Lipinski definition) is 7. The van der Waals surface area contributed by atoms with Gasteiger partial charge in [-0.1, -0.05) is 75.1 Å². The summed E-state index contributed by atoms with van der Waals surface area (Å²) in [6.45, 7) is 6.84. The molecular weight excluding hydrogens is 530 g/mol.